The summed E-state index contributed by atoms with van der Waals surface area (Å²) in [5.74, 6) is 1.60. The quantitative estimate of drug-likeness (QED) is 0.835. The topological polar surface area (TPSA) is 64.3 Å². The van der Waals surface area contributed by atoms with Gasteiger partial charge in [0.25, 0.3) is 0 Å². The predicted molar refractivity (Wildman–Crippen MR) is 98.1 cm³/mol. The standard InChI is InChI=1S/C14H14N2O2.C6H12/c15-10-11-6-4-5-9-13(11)18-14(17)16-12-7-2-1-3-8-12;1-2-6-4-3-5-6/h1-9H,10,15H2,(H,16,17);6H,2-5H2,1H3. The number of ether oxygens (including phenoxy) is 1. The molecule has 1 aliphatic carbocycles. The molecule has 3 rings (SSSR count). The lowest BCUT2D eigenvalue weighted by molar-refractivity contribution is 0.214. The Morgan fingerprint density at radius 2 is 1.79 bits per heavy atom. The minimum absolute atomic E-state index is 0.328. The first kappa shape index (κ1) is 18.0. The number of carbonyl (C=O) groups excluding carboxylic acids is 1. The molecule has 4 nitrogen and oxygen atoms in total. The van der Waals surface area contributed by atoms with Crippen LogP contribution in [0.5, 0.6) is 5.75 Å². The van der Waals surface area contributed by atoms with Crippen LogP contribution >= 0.6 is 0 Å². The molecule has 0 bridgehead atoms. The number of nitrogens with one attached hydrogen (secondary N) is 1. The molecule has 0 atom stereocenters. The summed E-state index contributed by atoms with van der Waals surface area (Å²) >= 11 is 0. The molecule has 1 aliphatic rings. The van der Waals surface area contributed by atoms with Crippen molar-refractivity contribution in [1.29, 1.82) is 0 Å². The third kappa shape index (κ3) is 5.70. The van der Waals surface area contributed by atoms with E-state index in [9.17, 15) is 4.79 Å². The SMILES string of the molecule is CCC1CCC1.NCc1ccccc1OC(=O)Nc1ccccc1. The maximum atomic E-state index is 11.7. The van der Waals surface area contributed by atoms with Gasteiger partial charge in [0, 0.05) is 17.8 Å². The summed E-state index contributed by atoms with van der Waals surface area (Å²) in [7, 11) is 0. The monoisotopic (exact) mass is 326 g/mol. The highest BCUT2D eigenvalue weighted by Gasteiger charge is 2.13. The zero-order chi connectivity index (χ0) is 17.2. The van der Waals surface area contributed by atoms with Crippen molar-refractivity contribution in [3.8, 4) is 5.75 Å². The van der Waals surface area contributed by atoms with Crippen LogP contribution in [0.15, 0.2) is 54.6 Å². The van der Waals surface area contributed by atoms with Crippen molar-refractivity contribution in [3.63, 3.8) is 0 Å². The van der Waals surface area contributed by atoms with E-state index in [1.54, 1.807) is 24.3 Å². The summed E-state index contributed by atoms with van der Waals surface area (Å²) in [6.07, 6.45) is 5.41. The van der Waals surface area contributed by atoms with Gasteiger partial charge >= 0.3 is 6.09 Å². The van der Waals surface area contributed by atoms with Crippen molar-refractivity contribution in [3.05, 3.63) is 60.2 Å². The van der Waals surface area contributed by atoms with Crippen LogP contribution in [0, 0.1) is 5.92 Å². The number of carbonyl (C=O) groups is 1. The van der Waals surface area contributed by atoms with Crippen LogP contribution < -0.4 is 15.8 Å². The van der Waals surface area contributed by atoms with E-state index < -0.39 is 6.09 Å². The predicted octanol–water partition coefficient (Wildman–Crippen LogP) is 4.95. The summed E-state index contributed by atoms with van der Waals surface area (Å²) in [6.45, 7) is 2.61. The van der Waals surface area contributed by atoms with Crippen molar-refractivity contribution >= 4 is 11.8 Å². The highest BCUT2D eigenvalue weighted by Crippen LogP contribution is 2.28. The Morgan fingerprint density at radius 1 is 1.12 bits per heavy atom. The van der Waals surface area contributed by atoms with E-state index in [1.165, 1.54) is 25.7 Å². The molecule has 4 heteroatoms. The number of para-hydroxylation sites is 2. The molecule has 24 heavy (non-hydrogen) atoms. The molecule has 0 heterocycles. The normalized spacial score (nSPS) is 13.2. The molecule has 128 valence electrons. The maximum Gasteiger partial charge on any atom is 0.417 e. The smallest absolute Gasteiger partial charge is 0.410 e. The molecular weight excluding hydrogens is 300 g/mol. The molecule has 0 aliphatic heterocycles. The Labute approximate surface area is 144 Å². The van der Waals surface area contributed by atoms with E-state index in [2.05, 4.69) is 12.2 Å². The third-order valence-corrected chi connectivity index (χ3v) is 4.22. The second-order valence-electron chi connectivity index (χ2n) is 5.90. The highest BCUT2D eigenvalue weighted by atomic mass is 16.6. The van der Waals surface area contributed by atoms with Crippen LogP contribution in [0.25, 0.3) is 0 Å². The van der Waals surface area contributed by atoms with Crippen molar-refractivity contribution in [1.82, 2.24) is 0 Å². The molecule has 0 saturated heterocycles. The molecular formula is C20H26N2O2. The van der Waals surface area contributed by atoms with E-state index in [0.717, 1.165) is 11.5 Å². The van der Waals surface area contributed by atoms with Gasteiger partial charge < -0.3 is 10.5 Å². The van der Waals surface area contributed by atoms with Crippen LogP contribution in [-0.2, 0) is 6.54 Å². The Morgan fingerprint density at radius 3 is 2.33 bits per heavy atom. The largest absolute Gasteiger partial charge is 0.417 e. The zero-order valence-corrected chi connectivity index (χ0v) is 14.2. The first-order valence-corrected chi connectivity index (χ1v) is 8.54. The average molecular weight is 326 g/mol. The number of amides is 1. The second-order valence-corrected chi connectivity index (χ2v) is 5.90. The fourth-order valence-corrected chi connectivity index (χ4v) is 2.44. The van der Waals surface area contributed by atoms with Crippen LogP contribution in [-0.4, -0.2) is 6.09 Å². The van der Waals surface area contributed by atoms with Gasteiger partial charge in [0.05, 0.1) is 0 Å². The van der Waals surface area contributed by atoms with E-state index in [1.807, 2.05) is 30.3 Å². The molecule has 0 unspecified atom stereocenters. The average Bonchev–Trinajstić information content (AvgIpc) is 2.56. The van der Waals surface area contributed by atoms with Crippen LogP contribution in [0.3, 0.4) is 0 Å². The van der Waals surface area contributed by atoms with E-state index in [0.29, 0.717) is 18.0 Å². The van der Waals surface area contributed by atoms with Gasteiger partial charge in [0.2, 0.25) is 0 Å². The van der Waals surface area contributed by atoms with Crippen molar-refractivity contribution < 1.29 is 9.53 Å². The zero-order valence-electron chi connectivity index (χ0n) is 14.2. The van der Waals surface area contributed by atoms with Gasteiger partial charge in [-0.2, -0.15) is 0 Å². The molecule has 3 N–H and O–H groups in total. The van der Waals surface area contributed by atoms with Gasteiger partial charge in [-0.3, -0.25) is 5.32 Å². The van der Waals surface area contributed by atoms with Crippen LogP contribution in [0.1, 0.15) is 38.2 Å². The highest BCUT2D eigenvalue weighted by molar-refractivity contribution is 5.86. The van der Waals surface area contributed by atoms with Gasteiger partial charge in [-0.25, -0.2) is 4.79 Å². The summed E-state index contributed by atoms with van der Waals surface area (Å²) in [5.41, 5.74) is 7.05. The molecule has 0 spiro atoms. The van der Waals surface area contributed by atoms with Gasteiger partial charge in [0.15, 0.2) is 0 Å². The first-order chi connectivity index (χ1) is 11.7. The Bertz CT molecular complexity index is 622. The van der Waals surface area contributed by atoms with E-state index in [-0.39, 0.29) is 0 Å². The Hall–Kier alpha value is -2.33. The summed E-state index contributed by atoms with van der Waals surface area (Å²) in [6, 6.07) is 16.3. The van der Waals surface area contributed by atoms with Crippen molar-refractivity contribution in [2.24, 2.45) is 11.7 Å². The number of nitrogens with two attached hydrogens (primary N) is 1. The number of hydrogen-bond acceptors (Lipinski definition) is 3. The molecule has 0 aromatic heterocycles. The van der Waals surface area contributed by atoms with Crippen molar-refractivity contribution in [2.75, 3.05) is 5.32 Å². The minimum Gasteiger partial charge on any atom is -0.410 e. The molecule has 2 aromatic rings. The lowest BCUT2D eigenvalue weighted by Gasteiger charge is -2.22. The lowest BCUT2D eigenvalue weighted by Crippen LogP contribution is -2.17. The molecule has 0 radical (unpaired) electrons. The summed E-state index contributed by atoms with van der Waals surface area (Å²) < 4.78 is 5.21. The van der Waals surface area contributed by atoms with Crippen LogP contribution in [0.2, 0.25) is 0 Å². The maximum absolute atomic E-state index is 11.7. The Balaban J connectivity index is 0.000000292. The molecule has 1 fully saturated rings. The van der Waals surface area contributed by atoms with Gasteiger partial charge in [-0.05, 0) is 24.1 Å². The number of rotatable bonds is 4. The third-order valence-electron chi connectivity index (χ3n) is 4.22. The number of anilines is 1. The lowest BCUT2D eigenvalue weighted by atomic mass is 9.84. The fourth-order valence-electron chi connectivity index (χ4n) is 2.44. The second kappa shape index (κ2) is 9.73. The number of hydrogen-bond donors (Lipinski definition) is 2. The van der Waals surface area contributed by atoms with Gasteiger partial charge in [-0.15, -0.1) is 0 Å². The van der Waals surface area contributed by atoms with Gasteiger partial charge in [0.1, 0.15) is 5.75 Å². The summed E-state index contributed by atoms with van der Waals surface area (Å²) in [4.78, 5) is 11.7. The van der Waals surface area contributed by atoms with E-state index in [4.69, 9.17) is 10.5 Å². The Kier molecular flexibility index (Phi) is 7.30. The van der Waals surface area contributed by atoms with Crippen molar-refractivity contribution in [2.45, 2.75) is 39.2 Å². The summed E-state index contributed by atoms with van der Waals surface area (Å²) in [5, 5.41) is 2.64. The number of benzene rings is 2. The van der Waals surface area contributed by atoms with E-state index >= 15 is 0 Å². The first-order valence-electron chi connectivity index (χ1n) is 8.54. The van der Waals surface area contributed by atoms with Crippen LogP contribution in [0.4, 0.5) is 10.5 Å². The fraction of sp³-hybridized carbons (Fsp3) is 0.350. The van der Waals surface area contributed by atoms with Gasteiger partial charge in [-0.1, -0.05) is 69.0 Å². The minimum atomic E-state index is -0.526. The molecule has 1 saturated carbocycles. The molecule has 2 aromatic carbocycles. The molecule has 1 amide bonds.